The van der Waals surface area contributed by atoms with Crippen molar-refractivity contribution in [3.8, 4) is 17.0 Å². The van der Waals surface area contributed by atoms with Gasteiger partial charge >= 0.3 is 0 Å². The largest absolute Gasteiger partial charge is 0.489 e. The monoisotopic (exact) mass is 504 g/mol. The number of fused-ring (bicyclic) bond motifs is 1. The number of nitrogens with one attached hydrogen (secondary N) is 1. The van der Waals surface area contributed by atoms with E-state index in [1.54, 1.807) is 6.07 Å². The molecule has 160 valence electrons. The van der Waals surface area contributed by atoms with Gasteiger partial charge in [-0.05, 0) is 72.4 Å². The molecule has 0 unspecified atom stereocenters. The smallest absolute Gasteiger partial charge is 0.257 e. The Morgan fingerprint density at radius 3 is 2.75 bits per heavy atom. The zero-order chi connectivity index (χ0) is 21.9. The van der Waals surface area contributed by atoms with Crippen LogP contribution >= 0.6 is 27.3 Å². The number of halogens is 1. The van der Waals surface area contributed by atoms with Gasteiger partial charge in [-0.3, -0.25) is 10.1 Å². The fraction of sp³-hybridized carbons (Fsp3) is 0.154. The van der Waals surface area contributed by atoms with Gasteiger partial charge in [-0.2, -0.15) is 0 Å². The lowest BCUT2D eigenvalue weighted by Crippen LogP contribution is -2.12. The molecule has 4 nitrogen and oxygen atoms in total. The number of aromatic nitrogens is 1. The maximum atomic E-state index is 12.8. The molecule has 1 aliphatic carbocycles. The van der Waals surface area contributed by atoms with Crippen LogP contribution in [0.15, 0.2) is 76.6 Å². The fourth-order valence-corrected chi connectivity index (χ4v) is 4.84. The highest BCUT2D eigenvalue weighted by atomic mass is 79.9. The van der Waals surface area contributed by atoms with Gasteiger partial charge in [0.2, 0.25) is 0 Å². The Bertz CT molecular complexity index is 1270. The molecule has 1 aromatic heterocycles. The SMILES string of the molecule is O=C(Nc1nc(-c2ccc(Br)cc2)cs1)c1cccc(COc2ccc3c(c2)CCC3)c1. The molecule has 0 aliphatic heterocycles. The Labute approximate surface area is 199 Å². The molecule has 0 fully saturated rings. The molecule has 0 spiro atoms. The second-order valence-electron chi connectivity index (χ2n) is 7.77. The van der Waals surface area contributed by atoms with Crippen LogP contribution in [0.25, 0.3) is 11.3 Å². The number of carbonyl (C=O) groups is 1. The van der Waals surface area contributed by atoms with Gasteiger partial charge in [-0.25, -0.2) is 4.98 Å². The molecule has 0 saturated heterocycles. The first-order valence-electron chi connectivity index (χ1n) is 10.5. The molecule has 0 bridgehead atoms. The summed E-state index contributed by atoms with van der Waals surface area (Å²) in [4.78, 5) is 17.3. The summed E-state index contributed by atoms with van der Waals surface area (Å²) in [6.07, 6.45) is 3.51. The fourth-order valence-electron chi connectivity index (χ4n) is 3.86. The number of rotatable bonds is 6. The molecule has 4 aromatic rings. The van der Waals surface area contributed by atoms with E-state index in [2.05, 4.69) is 38.4 Å². The number of nitrogens with zero attached hydrogens (tertiary/aromatic N) is 1. The Kier molecular flexibility index (Phi) is 6.06. The van der Waals surface area contributed by atoms with Gasteiger partial charge in [0.25, 0.3) is 5.91 Å². The molecule has 1 N–H and O–H groups in total. The van der Waals surface area contributed by atoms with Gasteiger partial charge in [0, 0.05) is 21.0 Å². The van der Waals surface area contributed by atoms with Crippen molar-refractivity contribution in [2.45, 2.75) is 25.9 Å². The number of aryl methyl sites for hydroxylation is 2. The minimum absolute atomic E-state index is 0.180. The van der Waals surface area contributed by atoms with Crippen LogP contribution in [0, 0.1) is 0 Å². The quantitative estimate of drug-likeness (QED) is 0.310. The van der Waals surface area contributed by atoms with E-state index in [0.29, 0.717) is 17.3 Å². The van der Waals surface area contributed by atoms with Crippen LogP contribution in [0.4, 0.5) is 5.13 Å². The molecule has 0 atom stereocenters. The van der Waals surface area contributed by atoms with E-state index in [1.807, 2.05) is 53.9 Å². The summed E-state index contributed by atoms with van der Waals surface area (Å²) < 4.78 is 7.00. The van der Waals surface area contributed by atoms with Crippen LogP contribution in [-0.2, 0) is 19.4 Å². The number of ether oxygens (including phenoxy) is 1. The van der Waals surface area contributed by atoms with E-state index in [0.717, 1.165) is 39.9 Å². The van der Waals surface area contributed by atoms with Gasteiger partial charge in [-0.1, -0.05) is 46.3 Å². The highest BCUT2D eigenvalue weighted by Crippen LogP contribution is 2.28. The Morgan fingerprint density at radius 2 is 1.88 bits per heavy atom. The van der Waals surface area contributed by atoms with Gasteiger partial charge in [0.15, 0.2) is 5.13 Å². The van der Waals surface area contributed by atoms with Crippen molar-refractivity contribution in [2.24, 2.45) is 0 Å². The van der Waals surface area contributed by atoms with Gasteiger partial charge in [0.1, 0.15) is 12.4 Å². The minimum Gasteiger partial charge on any atom is -0.489 e. The van der Waals surface area contributed by atoms with Gasteiger partial charge in [0.05, 0.1) is 5.69 Å². The molecule has 0 radical (unpaired) electrons. The summed E-state index contributed by atoms with van der Waals surface area (Å²) in [6.45, 7) is 0.422. The summed E-state index contributed by atoms with van der Waals surface area (Å²) in [5, 5.41) is 5.43. The van der Waals surface area contributed by atoms with Crippen molar-refractivity contribution in [1.29, 1.82) is 0 Å². The summed E-state index contributed by atoms with van der Waals surface area (Å²) in [5.41, 5.74) is 6.21. The average Bonchev–Trinajstić information content (AvgIpc) is 3.47. The predicted octanol–water partition coefficient (Wildman–Crippen LogP) is 6.89. The molecule has 1 aliphatic rings. The zero-order valence-electron chi connectivity index (χ0n) is 17.3. The first-order valence-corrected chi connectivity index (χ1v) is 12.2. The topological polar surface area (TPSA) is 51.2 Å². The van der Waals surface area contributed by atoms with Crippen LogP contribution in [0.1, 0.15) is 33.5 Å². The molecule has 32 heavy (non-hydrogen) atoms. The lowest BCUT2D eigenvalue weighted by molar-refractivity contribution is 0.102. The van der Waals surface area contributed by atoms with E-state index < -0.39 is 0 Å². The lowest BCUT2D eigenvalue weighted by atomic mass is 10.1. The van der Waals surface area contributed by atoms with Crippen molar-refractivity contribution >= 4 is 38.3 Å². The van der Waals surface area contributed by atoms with Gasteiger partial charge < -0.3 is 4.74 Å². The van der Waals surface area contributed by atoms with Gasteiger partial charge in [-0.15, -0.1) is 11.3 Å². The van der Waals surface area contributed by atoms with Crippen LogP contribution < -0.4 is 10.1 Å². The summed E-state index contributed by atoms with van der Waals surface area (Å²) in [7, 11) is 0. The van der Waals surface area contributed by atoms with Crippen LogP contribution in [0.5, 0.6) is 5.75 Å². The Hall–Kier alpha value is -2.96. The first kappa shape index (κ1) is 20.9. The Morgan fingerprint density at radius 1 is 1.03 bits per heavy atom. The van der Waals surface area contributed by atoms with Crippen molar-refractivity contribution in [2.75, 3.05) is 5.32 Å². The van der Waals surface area contributed by atoms with Crippen LogP contribution in [0.3, 0.4) is 0 Å². The maximum absolute atomic E-state index is 12.8. The molecular formula is C26H21BrN2O2S. The summed E-state index contributed by atoms with van der Waals surface area (Å²) >= 11 is 4.85. The van der Waals surface area contributed by atoms with Crippen LogP contribution in [0.2, 0.25) is 0 Å². The van der Waals surface area contributed by atoms with Crippen LogP contribution in [-0.4, -0.2) is 10.9 Å². The van der Waals surface area contributed by atoms with E-state index >= 15 is 0 Å². The number of hydrogen-bond donors (Lipinski definition) is 1. The third kappa shape index (κ3) is 4.76. The number of amides is 1. The maximum Gasteiger partial charge on any atom is 0.257 e. The number of thiazole rings is 1. The van der Waals surface area contributed by atoms with E-state index in [9.17, 15) is 4.79 Å². The Balaban J connectivity index is 1.23. The molecular weight excluding hydrogens is 484 g/mol. The standard InChI is InChI=1S/C26H21BrN2O2S/c27-22-10-7-19(8-11-22)24-16-32-26(28-24)29-25(30)21-6-1-3-17(13-21)15-31-23-12-9-18-4-2-5-20(18)14-23/h1,3,6-14,16H,2,4-5,15H2,(H,28,29,30). The first-order chi connectivity index (χ1) is 15.6. The second kappa shape index (κ2) is 9.27. The molecule has 1 heterocycles. The van der Waals surface area contributed by atoms with Crippen molar-refractivity contribution in [3.05, 3.63) is 98.8 Å². The van der Waals surface area contributed by atoms with E-state index in [-0.39, 0.29) is 5.91 Å². The zero-order valence-corrected chi connectivity index (χ0v) is 19.7. The highest BCUT2D eigenvalue weighted by molar-refractivity contribution is 9.10. The molecule has 5 rings (SSSR count). The molecule has 6 heteroatoms. The second-order valence-corrected chi connectivity index (χ2v) is 9.55. The summed E-state index contributed by atoms with van der Waals surface area (Å²) in [6, 6.07) is 21.8. The molecule has 1 amide bonds. The molecule has 0 saturated carbocycles. The number of hydrogen-bond acceptors (Lipinski definition) is 4. The molecule has 3 aromatic carbocycles. The summed E-state index contributed by atoms with van der Waals surface area (Å²) in [5.74, 6) is 0.699. The van der Waals surface area contributed by atoms with Crippen molar-refractivity contribution < 1.29 is 9.53 Å². The van der Waals surface area contributed by atoms with Crippen molar-refractivity contribution in [1.82, 2.24) is 4.98 Å². The third-order valence-electron chi connectivity index (χ3n) is 5.53. The minimum atomic E-state index is -0.180. The number of carbonyl (C=O) groups excluding carboxylic acids is 1. The average molecular weight is 505 g/mol. The van der Waals surface area contributed by atoms with E-state index in [4.69, 9.17) is 4.74 Å². The van der Waals surface area contributed by atoms with Crippen molar-refractivity contribution in [3.63, 3.8) is 0 Å². The normalized spacial score (nSPS) is 12.4. The number of benzene rings is 3. The lowest BCUT2D eigenvalue weighted by Gasteiger charge is -2.09. The number of anilines is 1. The van der Waals surface area contributed by atoms with E-state index in [1.165, 1.54) is 28.9 Å². The third-order valence-corrected chi connectivity index (χ3v) is 6.82. The highest BCUT2D eigenvalue weighted by Gasteiger charge is 2.13. The predicted molar refractivity (Wildman–Crippen MR) is 132 cm³/mol.